The van der Waals surface area contributed by atoms with Gasteiger partial charge >= 0.3 is 17.9 Å². The highest BCUT2D eigenvalue weighted by Crippen LogP contribution is 2.58. The molecule has 17 nitrogen and oxygen atoms in total. The first-order valence-corrected chi connectivity index (χ1v) is 26.8. The Labute approximate surface area is 440 Å². The summed E-state index contributed by atoms with van der Waals surface area (Å²) in [5.74, 6) is -7.37. The summed E-state index contributed by atoms with van der Waals surface area (Å²) in [6, 6.07) is 16.4. The summed E-state index contributed by atoms with van der Waals surface area (Å²) in [6.45, 7) is -0.557. The minimum atomic E-state index is -1.89. The molecular formula is C52H38F2N4O13S4. The molecule has 6 aliphatic rings. The van der Waals surface area contributed by atoms with Crippen molar-refractivity contribution in [3.8, 4) is 23.0 Å². The summed E-state index contributed by atoms with van der Waals surface area (Å²) in [7, 11) is 0. The predicted molar refractivity (Wildman–Crippen MR) is 269 cm³/mol. The summed E-state index contributed by atoms with van der Waals surface area (Å²) in [4.78, 5) is 94.0. The monoisotopic (exact) mass is 1090 g/mol. The molecule has 8 heterocycles. The van der Waals surface area contributed by atoms with E-state index >= 15 is 8.78 Å². The zero-order valence-electron chi connectivity index (χ0n) is 38.6. The third-order valence-electron chi connectivity index (χ3n) is 13.0. The largest absolute Gasteiger partial charge is 0.486 e. The minimum Gasteiger partial charge on any atom is -0.486 e. The molecule has 75 heavy (non-hydrogen) atoms. The van der Waals surface area contributed by atoms with Gasteiger partial charge in [0, 0.05) is 39.0 Å². The Bertz CT molecular complexity index is 3210. The van der Waals surface area contributed by atoms with E-state index in [1.165, 1.54) is 88.7 Å². The molecule has 0 saturated carbocycles. The lowest BCUT2D eigenvalue weighted by atomic mass is 9.77. The van der Waals surface area contributed by atoms with Gasteiger partial charge in [-0.25, -0.2) is 23.2 Å². The minimum absolute atomic E-state index is 0.0187. The summed E-state index contributed by atoms with van der Waals surface area (Å²) in [5, 5.41) is 28.2. The van der Waals surface area contributed by atoms with Crippen LogP contribution in [0.3, 0.4) is 0 Å². The Morgan fingerprint density at radius 1 is 0.680 bits per heavy atom. The van der Waals surface area contributed by atoms with E-state index in [1.54, 1.807) is 30.3 Å². The fourth-order valence-electron chi connectivity index (χ4n) is 9.68. The number of nitrogens with zero attached hydrogens (tertiary/aromatic N) is 2. The number of carboxylic acid groups (broad SMARTS) is 2. The van der Waals surface area contributed by atoms with Gasteiger partial charge in [-0.2, -0.15) is 0 Å². The Balaban J connectivity index is 0.798. The van der Waals surface area contributed by atoms with Crippen molar-refractivity contribution in [1.82, 2.24) is 20.4 Å². The van der Waals surface area contributed by atoms with Crippen molar-refractivity contribution in [3.63, 3.8) is 0 Å². The fraction of sp³-hybridized carbons (Fsp3) is 0.212. The Kier molecular flexibility index (Phi) is 13.1. The molecule has 0 aliphatic carbocycles. The van der Waals surface area contributed by atoms with E-state index in [4.69, 9.17) is 18.9 Å². The highest BCUT2D eigenvalue weighted by atomic mass is 32.2. The topological polar surface area (TPSA) is 227 Å². The average Bonchev–Trinajstić information content (AvgIpc) is 4.19. The first-order chi connectivity index (χ1) is 36.2. The van der Waals surface area contributed by atoms with Gasteiger partial charge in [0.15, 0.2) is 28.7 Å². The molecule has 4 atom stereocenters. The molecule has 4 unspecified atom stereocenters. The molecule has 3 aromatic carbocycles. The molecule has 5 aromatic rings. The highest BCUT2D eigenvalue weighted by molar-refractivity contribution is 8.00. The molecule has 382 valence electrons. The second kappa shape index (κ2) is 19.8. The second-order valence-electron chi connectivity index (χ2n) is 17.5. The standard InChI is InChI=1S/C52H38F2N4O13S4/c53-33-19-31-35(21-37(33)68-13-3-7-25-23-74-47-41(45(61)57(47)43(25)49(63)64)55-39(59)17-27-9-5-15-72-27)70-36-22-38(34(54)20-32(36)52(31)30-12-2-1-11-29(30)51(67)71-52)69-14-4-8-26-24-75-48-42(46(62)58(48)44(26)50(65)66)56-40(60)18-28-10-6-16-73-28/h1-12,15-16,19-22,41-42,47-48H,13-14,17-18,23-24H2,(H,55,59)(H,56,60)(H,63,64)(H,65,66)/b7-3+,8-4+. The zero-order valence-corrected chi connectivity index (χ0v) is 41.9. The number of esters is 1. The number of carboxylic acids is 2. The van der Waals surface area contributed by atoms with Crippen LogP contribution in [0.5, 0.6) is 23.0 Å². The number of ether oxygens (including phenoxy) is 4. The number of thioether (sulfide) groups is 2. The van der Waals surface area contributed by atoms with Crippen LogP contribution in [0.4, 0.5) is 8.78 Å². The summed E-state index contributed by atoms with van der Waals surface area (Å²) >= 11 is 5.37. The van der Waals surface area contributed by atoms with Crippen LogP contribution in [0.1, 0.15) is 36.8 Å². The smallest absolute Gasteiger partial charge is 0.352 e. The molecule has 2 fully saturated rings. The number of nitrogens with one attached hydrogen (secondary N) is 2. The number of amides is 4. The summed E-state index contributed by atoms with van der Waals surface area (Å²) in [5.41, 5.74) is -1.31. The molecule has 2 saturated heterocycles. The Morgan fingerprint density at radius 3 is 1.61 bits per heavy atom. The van der Waals surface area contributed by atoms with Crippen LogP contribution >= 0.6 is 46.2 Å². The SMILES string of the molecule is O=C(Cc1cccs1)NC1C(=O)N2C(C(=O)O)=C(/C=C/COc3cc4c(cc3F)C3(OC(=O)c5ccccc53)c3cc(F)c(OC/C=C/C5=C(C(=O)O)N6C(=O)C(NC(=O)Cc7cccs7)C6SC5)cc3O4)CSC12. The van der Waals surface area contributed by atoms with Gasteiger partial charge in [-0.3, -0.25) is 29.0 Å². The maximum atomic E-state index is 16.2. The number of aliphatic carboxylic acids is 2. The van der Waals surface area contributed by atoms with Crippen molar-refractivity contribution in [2.24, 2.45) is 0 Å². The summed E-state index contributed by atoms with van der Waals surface area (Å²) in [6.07, 6.45) is 6.01. The van der Waals surface area contributed by atoms with Gasteiger partial charge in [-0.1, -0.05) is 42.5 Å². The van der Waals surface area contributed by atoms with E-state index in [1.807, 2.05) is 22.9 Å². The number of rotatable bonds is 16. The van der Waals surface area contributed by atoms with Gasteiger partial charge < -0.3 is 39.8 Å². The van der Waals surface area contributed by atoms with E-state index in [0.717, 1.165) is 31.7 Å². The number of hydrogen-bond donors (Lipinski definition) is 4. The van der Waals surface area contributed by atoms with E-state index in [9.17, 15) is 43.8 Å². The van der Waals surface area contributed by atoms with Crippen LogP contribution in [0.15, 0.2) is 130 Å². The van der Waals surface area contributed by atoms with E-state index in [-0.39, 0.29) is 112 Å². The number of fused-ring (bicyclic) bond motifs is 8. The molecule has 4 amide bonds. The second-order valence-corrected chi connectivity index (χ2v) is 21.8. The molecular weight excluding hydrogens is 1050 g/mol. The molecule has 6 aliphatic heterocycles. The number of halogens is 2. The maximum absolute atomic E-state index is 16.2. The van der Waals surface area contributed by atoms with Crippen molar-refractivity contribution in [2.75, 3.05) is 24.7 Å². The molecule has 1 spiro atoms. The average molecular weight is 1090 g/mol. The van der Waals surface area contributed by atoms with Crippen LogP contribution in [-0.2, 0) is 51.9 Å². The normalized spacial score (nSPS) is 22.1. The van der Waals surface area contributed by atoms with Crippen LogP contribution in [0.2, 0.25) is 0 Å². The van der Waals surface area contributed by atoms with Crippen molar-refractivity contribution in [2.45, 2.75) is 41.3 Å². The van der Waals surface area contributed by atoms with Crippen LogP contribution < -0.4 is 24.8 Å². The first kappa shape index (κ1) is 49.5. The van der Waals surface area contributed by atoms with Crippen LogP contribution in [0.25, 0.3) is 0 Å². The zero-order chi connectivity index (χ0) is 52.3. The first-order valence-electron chi connectivity index (χ1n) is 22.9. The van der Waals surface area contributed by atoms with Gasteiger partial charge in [0.1, 0.15) is 58.9 Å². The lowest BCUT2D eigenvalue weighted by Gasteiger charge is -2.49. The number of carbonyl (C=O) groups is 7. The van der Waals surface area contributed by atoms with Crippen molar-refractivity contribution in [1.29, 1.82) is 0 Å². The lowest BCUT2D eigenvalue weighted by Crippen LogP contribution is -2.70. The number of β-lactam (4-membered cyclic amide) rings is 2. The lowest BCUT2D eigenvalue weighted by molar-refractivity contribution is -0.150. The third kappa shape index (κ3) is 8.81. The third-order valence-corrected chi connectivity index (χ3v) is 17.3. The Morgan fingerprint density at radius 2 is 1.16 bits per heavy atom. The summed E-state index contributed by atoms with van der Waals surface area (Å²) < 4.78 is 56.4. The van der Waals surface area contributed by atoms with Gasteiger partial charge in [0.25, 0.3) is 11.8 Å². The molecule has 11 rings (SSSR count). The quantitative estimate of drug-likeness (QED) is 0.0612. The number of carbonyl (C=O) groups excluding carboxylic acids is 5. The van der Waals surface area contributed by atoms with Gasteiger partial charge in [0.05, 0.1) is 29.5 Å². The molecule has 2 aromatic heterocycles. The molecule has 23 heteroatoms. The van der Waals surface area contributed by atoms with Gasteiger partial charge in [-0.15, -0.1) is 46.2 Å². The van der Waals surface area contributed by atoms with Gasteiger partial charge in [-0.05, 0) is 64.4 Å². The number of thiophene rings is 2. The fourth-order valence-corrected chi connectivity index (χ4v) is 13.7. The number of allylic oxidation sites excluding steroid dienone is 2. The molecule has 4 N–H and O–H groups in total. The van der Waals surface area contributed by atoms with Crippen molar-refractivity contribution < 1.29 is 71.5 Å². The highest BCUT2D eigenvalue weighted by Gasteiger charge is 2.56. The predicted octanol–water partition coefficient (Wildman–Crippen LogP) is 6.49. The van der Waals surface area contributed by atoms with E-state index in [2.05, 4.69) is 10.6 Å². The van der Waals surface area contributed by atoms with Crippen LogP contribution in [-0.4, -0.2) is 109 Å². The van der Waals surface area contributed by atoms with Crippen LogP contribution in [0, 0.1) is 11.6 Å². The van der Waals surface area contributed by atoms with Crippen molar-refractivity contribution in [3.05, 3.63) is 174 Å². The number of hydrogen-bond acceptors (Lipinski definition) is 15. The van der Waals surface area contributed by atoms with Crippen molar-refractivity contribution >= 4 is 87.7 Å². The van der Waals surface area contributed by atoms with E-state index in [0.29, 0.717) is 5.56 Å². The molecule has 0 radical (unpaired) electrons. The van der Waals surface area contributed by atoms with E-state index < -0.39 is 69.8 Å². The molecule has 0 bridgehead atoms. The maximum Gasteiger partial charge on any atom is 0.352 e. The number of benzene rings is 3. The Hall–Kier alpha value is -7.73. The van der Waals surface area contributed by atoms with Gasteiger partial charge in [0.2, 0.25) is 11.8 Å².